The van der Waals surface area contributed by atoms with E-state index >= 15 is 0 Å². The number of halogens is 1. The Hall–Kier alpha value is -3.55. The van der Waals surface area contributed by atoms with Gasteiger partial charge in [0.2, 0.25) is 0 Å². The van der Waals surface area contributed by atoms with Gasteiger partial charge in [-0.15, -0.1) is 0 Å². The molecule has 25 heavy (non-hydrogen) atoms. The second kappa shape index (κ2) is 6.16. The fourth-order valence-corrected chi connectivity index (χ4v) is 2.49. The highest BCUT2D eigenvalue weighted by Gasteiger charge is 2.16. The maximum Gasteiger partial charge on any atom is 0.251 e. The van der Waals surface area contributed by atoms with E-state index in [9.17, 15) is 9.18 Å². The van der Waals surface area contributed by atoms with Gasteiger partial charge in [-0.05, 0) is 12.1 Å². The molecule has 4 aromatic rings. The number of H-pyrrole nitrogens is 1. The molecular formula is C17H12FN5O2. The first-order valence-electron chi connectivity index (χ1n) is 7.48. The summed E-state index contributed by atoms with van der Waals surface area (Å²) >= 11 is 0. The van der Waals surface area contributed by atoms with Crippen LogP contribution in [0.1, 0.15) is 5.56 Å². The van der Waals surface area contributed by atoms with E-state index in [0.717, 1.165) is 0 Å². The van der Waals surface area contributed by atoms with Crippen molar-refractivity contribution in [2.24, 2.45) is 0 Å². The fourth-order valence-electron chi connectivity index (χ4n) is 2.49. The topological polar surface area (TPSA) is 89.6 Å². The summed E-state index contributed by atoms with van der Waals surface area (Å²) in [6.07, 6.45) is 2.85. The van der Waals surface area contributed by atoms with Gasteiger partial charge in [0.25, 0.3) is 5.56 Å². The van der Waals surface area contributed by atoms with Gasteiger partial charge in [0.05, 0.1) is 12.2 Å². The zero-order valence-corrected chi connectivity index (χ0v) is 12.9. The molecule has 8 heteroatoms. The number of aromatic amines is 1. The van der Waals surface area contributed by atoms with Gasteiger partial charge in [-0.25, -0.2) is 9.37 Å². The minimum atomic E-state index is -0.322. The van der Waals surface area contributed by atoms with Crippen LogP contribution >= 0.6 is 0 Å². The molecule has 0 radical (unpaired) electrons. The molecule has 4 rings (SSSR count). The molecule has 0 aliphatic carbocycles. The van der Waals surface area contributed by atoms with E-state index in [-0.39, 0.29) is 17.9 Å². The summed E-state index contributed by atoms with van der Waals surface area (Å²) in [7, 11) is 0. The van der Waals surface area contributed by atoms with E-state index in [4.69, 9.17) is 4.52 Å². The Balaban J connectivity index is 1.82. The first-order chi connectivity index (χ1) is 12.2. The molecular weight excluding hydrogens is 325 g/mol. The lowest BCUT2D eigenvalue weighted by atomic mass is 10.2. The Morgan fingerprint density at radius 2 is 2.04 bits per heavy atom. The number of rotatable bonds is 4. The van der Waals surface area contributed by atoms with Gasteiger partial charge in [0.1, 0.15) is 23.5 Å². The van der Waals surface area contributed by atoms with Crippen LogP contribution in [0, 0.1) is 5.82 Å². The SMILES string of the molecule is O=c1ccnc(-c2cc(-c3ccon3)n(Cc3ccccc3F)n2)[nH]1. The van der Waals surface area contributed by atoms with Crippen molar-refractivity contribution in [1.29, 1.82) is 0 Å². The Morgan fingerprint density at radius 3 is 2.80 bits per heavy atom. The van der Waals surface area contributed by atoms with Crippen LogP contribution in [0.5, 0.6) is 0 Å². The third-order valence-electron chi connectivity index (χ3n) is 3.67. The number of nitrogens with zero attached hydrogens (tertiary/aromatic N) is 4. The average Bonchev–Trinajstić information content (AvgIpc) is 3.26. The van der Waals surface area contributed by atoms with Gasteiger partial charge in [-0.2, -0.15) is 5.10 Å². The third kappa shape index (κ3) is 2.97. The zero-order chi connectivity index (χ0) is 17.2. The van der Waals surface area contributed by atoms with E-state index in [0.29, 0.717) is 28.5 Å². The number of hydrogen-bond acceptors (Lipinski definition) is 5. The van der Waals surface area contributed by atoms with Crippen molar-refractivity contribution in [3.63, 3.8) is 0 Å². The summed E-state index contributed by atoms with van der Waals surface area (Å²) in [5, 5.41) is 8.36. The second-order valence-corrected chi connectivity index (χ2v) is 5.33. The molecule has 7 nitrogen and oxygen atoms in total. The first-order valence-corrected chi connectivity index (χ1v) is 7.48. The van der Waals surface area contributed by atoms with Crippen molar-refractivity contribution in [3.05, 3.63) is 76.7 Å². The van der Waals surface area contributed by atoms with Crippen LogP contribution in [0.25, 0.3) is 22.9 Å². The van der Waals surface area contributed by atoms with Crippen LogP contribution in [0.4, 0.5) is 4.39 Å². The van der Waals surface area contributed by atoms with E-state index in [1.165, 1.54) is 24.6 Å². The number of benzene rings is 1. The van der Waals surface area contributed by atoms with Crippen molar-refractivity contribution < 1.29 is 8.91 Å². The highest BCUT2D eigenvalue weighted by molar-refractivity contribution is 5.62. The number of nitrogens with one attached hydrogen (secondary N) is 1. The highest BCUT2D eigenvalue weighted by Crippen LogP contribution is 2.24. The van der Waals surface area contributed by atoms with E-state index in [1.54, 1.807) is 35.0 Å². The fraction of sp³-hybridized carbons (Fsp3) is 0.0588. The van der Waals surface area contributed by atoms with Crippen molar-refractivity contribution in [2.45, 2.75) is 6.54 Å². The molecule has 0 unspecified atom stereocenters. The van der Waals surface area contributed by atoms with Gasteiger partial charge >= 0.3 is 0 Å². The lowest BCUT2D eigenvalue weighted by molar-refractivity contribution is 0.421. The van der Waals surface area contributed by atoms with Crippen LogP contribution in [0.15, 0.2) is 64.2 Å². The Kier molecular flexibility index (Phi) is 3.70. The molecule has 0 saturated carbocycles. The minimum absolute atomic E-state index is 0.200. The summed E-state index contributed by atoms with van der Waals surface area (Å²) in [4.78, 5) is 18.3. The van der Waals surface area contributed by atoms with Crippen molar-refractivity contribution in [3.8, 4) is 22.9 Å². The van der Waals surface area contributed by atoms with Gasteiger partial charge in [0.15, 0.2) is 5.82 Å². The van der Waals surface area contributed by atoms with Crippen LogP contribution in [0.2, 0.25) is 0 Å². The molecule has 0 atom stereocenters. The maximum absolute atomic E-state index is 14.0. The molecule has 0 amide bonds. The van der Waals surface area contributed by atoms with Gasteiger partial charge < -0.3 is 9.51 Å². The Morgan fingerprint density at radius 1 is 1.16 bits per heavy atom. The molecule has 0 bridgehead atoms. The Bertz CT molecular complexity index is 1070. The molecule has 124 valence electrons. The molecule has 0 fully saturated rings. The summed E-state index contributed by atoms with van der Waals surface area (Å²) < 4.78 is 20.5. The van der Waals surface area contributed by atoms with Crippen LogP contribution < -0.4 is 5.56 Å². The molecule has 0 spiro atoms. The molecule has 3 aromatic heterocycles. The molecule has 1 N–H and O–H groups in total. The van der Waals surface area contributed by atoms with Crippen molar-refractivity contribution >= 4 is 0 Å². The molecule has 0 aliphatic heterocycles. The number of hydrogen-bond donors (Lipinski definition) is 1. The van der Waals surface area contributed by atoms with Crippen LogP contribution in [-0.2, 0) is 6.54 Å². The summed E-state index contributed by atoms with van der Waals surface area (Å²) in [6, 6.07) is 11.2. The average molecular weight is 337 g/mol. The zero-order valence-electron chi connectivity index (χ0n) is 12.9. The Labute approximate surface area is 140 Å². The number of aromatic nitrogens is 5. The lowest BCUT2D eigenvalue weighted by Gasteiger charge is -2.06. The van der Waals surface area contributed by atoms with Crippen molar-refractivity contribution in [1.82, 2.24) is 24.9 Å². The highest BCUT2D eigenvalue weighted by atomic mass is 19.1. The molecule has 1 aromatic carbocycles. The quantitative estimate of drug-likeness (QED) is 0.618. The minimum Gasteiger partial charge on any atom is -0.364 e. The van der Waals surface area contributed by atoms with Gasteiger partial charge in [0, 0.05) is 23.9 Å². The summed E-state index contributed by atoms with van der Waals surface area (Å²) in [6.45, 7) is 0.200. The predicted molar refractivity (Wildman–Crippen MR) is 87.1 cm³/mol. The van der Waals surface area contributed by atoms with Gasteiger partial charge in [-0.3, -0.25) is 9.48 Å². The molecule has 0 saturated heterocycles. The summed E-state index contributed by atoms with van der Waals surface area (Å²) in [5.74, 6) is 0.00132. The second-order valence-electron chi connectivity index (χ2n) is 5.33. The van der Waals surface area contributed by atoms with Crippen LogP contribution in [0.3, 0.4) is 0 Å². The lowest BCUT2D eigenvalue weighted by Crippen LogP contribution is -2.08. The molecule has 3 heterocycles. The third-order valence-corrected chi connectivity index (χ3v) is 3.67. The first kappa shape index (κ1) is 15.0. The normalized spacial score (nSPS) is 10.9. The van der Waals surface area contributed by atoms with Crippen LogP contribution in [-0.4, -0.2) is 24.9 Å². The standard InChI is InChI=1S/C17H12FN5O2/c18-12-4-2-1-3-11(12)10-23-15(13-6-8-25-22-13)9-14(21-23)17-19-7-5-16(24)20-17/h1-9H,10H2,(H,19,20,24). The monoisotopic (exact) mass is 337 g/mol. The van der Waals surface area contributed by atoms with E-state index in [1.807, 2.05) is 0 Å². The maximum atomic E-state index is 14.0. The molecule has 0 aliphatic rings. The van der Waals surface area contributed by atoms with Gasteiger partial charge in [-0.1, -0.05) is 23.4 Å². The summed E-state index contributed by atoms with van der Waals surface area (Å²) in [5.41, 5.74) is 1.83. The van der Waals surface area contributed by atoms with E-state index < -0.39 is 0 Å². The smallest absolute Gasteiger partial charge is 0.251 e. The predicted octanol–water partition coefficient (Wildman–Crippen LogP) is 2.48. The van der Waals surface area contributed by atoms with E-state index in [2.05, 4.69) is 20.2 Å². The van der Waals surface area contributed by atoms with Crippen molar-refractivity contribution in [2.75, 3.05) is 0 Å². The largest absolute Gasteiger partial charge is 0.364 e.